The lowest BCUT2D eigenvalue weighted by molar-refractivity contribution is -0.141. The minimum atomic E-state index is -2.28. The molecule has 3 amide bonds. The Balaban J connectivity index is 1.82. The summed E-state index contributed by atoms with van der Waals surface area (Å²) in [5.74, 6) is 0.871. The number of aliphatic hydroxyl groups is 1. The highest BCUT2D eigenvalue weighted by Gasteiger charge is 2.53. The molecule has 0 aromatic heterocycles. The molecule has 2 aliphatic rings. The fourth-order valence-corrected chi connectivity index (χ4v) is 4.87. The lowest BCUT2D eigenvalue weighted by Gasteiger charge is -2.44. The maximum Gasteiger partial charge on any atom is 0.329 e. The van der Waals surface area contributed by atoms with E-state index >= 15 is 0 Å². The first kappa shape index (κ1) is 22.9. The summed E-state index contributed by atoms with van der Waals surface area (Å²) in [6.07, 6.45) is 2.94. The highest BCUT2D eigenvalue weighted by atomic mass is 16.5. The number of rotatable bonds is 5. The van der Waals surface area contributed by atoms with Gasteiger partial charge in [0.15, 0.2) is 0 Å². The number of hydrogen-bond acceptors (Lipinski definition) is 5. The zero-order chi connectivity index (χ0) is 23.8. The van der Waals surface area contributed by atoms with E-state index in [-0.39, 0.29) is 29.0 Å². The monoisotopic (exact) mass is 453 g/mol. The number of para-hydroxylation sites is 1. The Hall–Kier alpha value is -3.26. The van der Waals surface area contributed by atoms with Gasteiger partial charge in [0, 0.05) is 17.7 Å². The number of fused-ring (bicyclic) bond motifs is 1. The molecule has 1 aliphatic heterocycles. The minimum absolute atomic E-state index is 0.0953. The Morgan fingerprint density at radius 1 is 1.15 bits per heavy atom. The summed E-state index contributed by atoms with van der Waals surface area (Å²) in [4.78, 5) is 28.2. The number of carbonyl (C=O) groups excluding carboxylic acids is 2. The zero-order valence-electron chi connectivity index (χ0n) is 19.4. The van der Waals surface area contributed by atoms with E-state index in [9.17, 15) is 14.7 Å². The molecule has 0 bridgehead atoms. The third-order valence-electron chi connectivity index (χ3n) is 7.04. The van der Waals surface area contributed by atoms with Crippen LogP contribution in [-0.2, 0) is 10.5 Å². The lowest BCUT2D eigenvalue weighted by Crippen LogP contribution is -2.64. The Labute approximate surface area is 193 Å². The standard InChI is InChI=1S/C25H31N3O5/c1-15-8-7-11-19(16(15)2)26-23(29)25(31)18-9-5-6-10-20(18)27-24(30)28(25)21-13-12-17(32-3)14-22(21)33-4/h5-6,9-10,12-16,19,31H,7-8,11H2,1-4H3,(H,26,29)(H,27,30)/t15-,16-,19-,25+/m1/s1. The Morgan fingerprint density at radius 2 is 1.91 bits per heavy atom. The van der Waals surface area contributed by atoms with Gasteiger partial charge in [0.2, 0.25) is 0 Å². The van der Waals surface area contributed by atoms with E-state index in [0.29, 0.717) is 17.4 Å². The number of anilines is 2. The number of amides is 3. The molecule has 0 saturated heterocycles. The van der Waals surface area contributed by atoms with E-state index < -0.39 is 17.7 Å². The van der Waals surface area contributed by atoms with Crippen LogP contribution in [0.3, 0.4) is 0 Å². The highest BCUT2D eigenvalue weighted by molar-refractivity contribution is 6.12. The van der Waals surface area contributed by atoms with Gasteiger partial charge in [-0.1, -0.05) is 44.9 Å². The molecule has 1 heterocycles. The molecule has 0 radical (unpaired) electrons. The van der Waals surface area contributed by atoms with Gasteiger partial charge in [-0.15, -0.1) is 0 Å². The van der Waals surface area contributed by atoms with E-state index in [0.717, 1.165) is 24.2 Å². The van der Waals surface area contributed by atoms with E-state index in [1.54, 1.807) is 42.5 Å². The topological polar surface area (TPSA) is 100 Å². The van der Waals surface area contributed by atoms with Crippen LogP contribution in [0.4, 0.5) is 16.2 Å². The van der Waals surface area contributed by atoms with E-state index in [1.165, 1.54) is 14.2 Å². The second-order valence-electron chi connectivity index (χ2n) is 8.87. The summed E-state index contributed by atoms with van der Waals surface area (Å²) in [6.45, 7) is 4.29. The summed E-state index contributed by atoms with van der Waals surface area (Å²) < 4.78 is 10.8. The van der Waals surface area contributed by atoms with Crippen molar-refractivity contribution in [2.75, 3.05) is 24.4 Å². The van der Waals surface area contributed by atoms with Gasteiger partial charge in [0.25, 0.3) is 11.6 Å². The largest absolute Gasteiger partial charge is 0.497 e. The Morgan fingerprint density at radius 3 is 2.64 bits per heavy atom. The van der Waals surface area contributed by atoms with Crippen LogP contribution >= 0.6 is 0 Å². The number of nitrogens with one attached hydrogen (secondary N) is 2. The quantitative estimate of drug-likeness (QED) is 0.639. The third-order valence-corrected chi connectivity index (χ3v) is 7.04. The van der Waals surface area contributed by atoms with Crippen LogP contribution in [-0.4, -0.2) is 37.3 Å². The van der Waals surface area contributed by atoms with Crippen molar-refractivity contribution >= 4 is 23.3 Å². The van der Waals surface area contributed by atoms with Crippen LogP contribution in [0.5, 0.6) is 11.5 Å². The van der Waals surface area contributed by atoms with Crippen LogP contribution < -0.4 is 25.0 Å². The average molecular weight is 454 g/mol. The number of hydrogen-bond donors (Lipinski definition) is 3. The van der Waals surface area contributed by atoms with E-state index in [1.807, 2.05) is 0 Å². The van der Waals surface area contributed by atoms with Crippen molar-refractivity contribution in [3.05, 3.63) is 48.0 Å². The number of methoxy groups -OCH3 is 2. The first-order valence-electron chi connectivity index (χ1n) is 11.3. The number of urea groups is 1. The third kappa shape index (κ3) is 3.88. The summed E-state index contributed by atoms with van der Waals surface area (Å²) in [5, 5.41) is 17.9. The van der Waals surface area contributed by atoms with Crippen LogP contribution in [0.2, 0.25) is 0 Å². The molecule has 4 rings (SSSR count). The van der Waals surface area contributed by atoms with Crippen molar-refractivity contribution in [2.45, 2.75) is 44.9 Å². The number of nitrogens with zero attached hydrogens (tertiary/aromatic N) is 1. The van der Waals surface area contributed by atoms with Gasteiger partial charge < -0.3 is 25.2 Å². The molecule has 1 fully saturated rings. The molecule has 3 N–H and O–H groups in total. The molecule has 176 valence electrons. The molecule has 1 aliphatic carbocycles. The van der Waals surface area contributed by atoms with Gasteiger partial charge in [-0.3, -0.25) is 4.79 Å². The van der Waals surface area contributed by atoms with E-state index in [4.69, 9.17) is 9.47 Å². The normalized spacial score (nSPS) is 26.8. The van der Waals surface area contributed by atoms with Gasteiger partial charge in [0.1, 0.15) is 11.5 Å². The maximum atomic E-state index is 13.8. The number of benzene rings is 2. The van der Waals surface area contributed by atoms with Crippen molar-refractivity contribution in [3.63, 3.8) is 0 Å². The number of ether oxygens (including phenoxy) is 2. The minimum Gasteiger partial charge on any atom is -0.497 e. The molecule has 1 saturated carbocycles. The van der Waals surface area contributed by atoms with Gasteiger partial charge >= 0.3 is 6.03 Å². The predicted octanol–water partition coefficient (Wildman–Crippen LogP) is 3.84. The second-order valence-corrected chi connectivity index (χ2v) is 8.87. The smallest absolute Gasteiger partial charge is 0.329 e. The lowest BCUT2D eigenvalue weighted by atomic mass is 9.78. The van der Waals surface area contributed by atoms with Crippen molar-refractivity contribution in [1.29, 1.82) is 0 Å². The Kier molecular flexibility index (Phi) is 6.21. The van der Waals surface area contributed by atoms with Gasteiger partial charge in [-0.25, -0.2) is 9.69 Å². The molecular weight excluding hydrogens is 422 g/mol. The first-order chi connectivity index (χ1) is 15.8. The van der Waals surface area contributed by atoms with Crippen molar-refractivity contribution in [1.82, 2.24) is 5.32 Å². The van der Waals surface area contributed by atoms with Gasteiger partial charge in [-0.05, 0) is 36.5 Å². The highest BCUT2D eigenvalue weighted by Crippen LogP contribution is 2.44. The molecule has 33 heavy (non-hydrogen) atoms. The molecule has 8 heteroatoms. The SMILES string of the molecule is COc1ccc(N2C(=O)Nc3ccccc3[C@]2(O)C(=O)N[C@@H]2CCC[C@@H](C)[C@H]2C)c(OC)c1. The molecule has 4 atom stereocenters. The molecular formula is C25H31N3O5. The fraction of sp³-hybridized carbons (Fsp3) is 0.440. The summed E-state index contributed by atoms with van der Waals surface area (Å²) in [6, 6.07) is 10.9. The first-order valence-corrected chi connectivity index (χ1v) is 11.3. The number of carbonyl (C=O) groups is 2. The van der Waals surface area contributed by atoms with Crippen LogP contribution in [0.25, 0.3) is 0 Å². The second kappa shape index (κ2) is 8.94. The predicted molar refractivity (Wildman–Crippen MR) is 125 cm³/mol. The van der Waals surface area contributed by atoms with Crippen molar-refractivity contribution in [3.8, 4) is 11.5 Å². The summed E-state index contributed by atoms with van der Waals surface area (Å²) >= 11 is 0. The molecule has 2 aromatic carbocycles. The summed E-state index contributed by atoms with van der Waals surface area (Å²) in [5.41, 5.74) is -1.36. The van der Waals surface area contributed by atoms with Crippen LogP contribution in [0.1, 0.15) is 38.7 Å². The molecule has 0 spiro atoms. The van der Waals surface area contributed by atoms with Crippen molar-refractivity contribution < 1.29 is 24.2 Å². The zero-order valence-corrected chi connectivity index (χ0v) is 19.4. The average Bonchev–Trinajstić information content (AvgIpc) is 2.82. The van der Waals surface area contributed by atoms with E-state index in [2.05, 4.69) is 24.5 Å². The molecule has 0 unspecified atom stereocenters. The van der Waals surface area contributed by atoms with Gasteiger partial charge in [-0.2, -0.15) is 0 Å². The fourth-order valence-electron chi connectivity index (χ4n) is 4.87. The van der Waals surface area contributed by atoms with Crippen LogP contribution in [0, 0.1) is 11.8 Å². The Bertz CT molecular complexity index is 1060. The summed E-state index contributed by atoms with van der Waals surface area (Å²) in [7, 11) is 2.98. The van der Waals surface area contributed by atoms with Crippen LogP contribution in [0.15, 0.2) is 42.5 Å². The van der Waals surface area contributed by atoms with Crippen molar-refractivity contribution in [2.24, 2.45) is 11.8 Å². The van der Waals surface area contributed by atoms with Gasteiger partial charge in [0.05, 0.1) is 25.6 Å². The maximum absolute atomic E-state index is 13.8. The molecule has 8 nitrogen and oxygen atoms in total. The molecule has 2 aromatic rings.